The van der Waals surface area contributed by atoms with E-state index in [1.807, 2.05) is 5.38 Å². The van der Waals surface area contributed by atoms with Gasteiger partial charge in [0.05, 0.1) is 0 Å². The van der Waals surface area contributed by atoms with Crippen LogP contribution < -0.4 is 5.32 Å². The number of thiophene rings is 1. The first-order valence-electron chi connectivity index (χ1n) is 5.42. The van der Waals surface area contributed by atoms with E-state index in [-0.39, 0.29) is 6.10 Å². The Kier molecular flexibility index (Phi) is 3.75. The summed E-state index contributed by atoms with van der Waals surface area (Å²) in [5, 5.41) is 15.5. The van der Waals surface area contributed by atoms with Crippen LogP contribution in [-0.4, -0.2) is 42.7 Å². The van der Waals surface area contributed by atoms with Crippen LogP contribution in [0.4, 0.5) is 0 Å². The van der Waals surface area contributed by atoms with E-state index < -0.39 is 0 Å². The molecule has 1 aromatic heterocycles. The minimum atomic E-state index is -0.317. The van der Waals surface area contributed by atoms with Crippen LogP contribution >= 0.6 is 11.3 Å². The van der Waals surface area contributed by atoms with Gasteiger partial charge in [0.1, 0.15) is 6.10 Å². The van der Waals surface area contributed by atoms with Crippen LogP contribution in [0, 0.1) is 6.92 Å². The van der Waals surface area contributed by atoms with Crippen molar-refractivity contribution in [3.05, 3.63) is 21.9 Å². The third-order valence-corrected chi connectivity index (χ3v) is 3.97. The Bertz CT molecular complexity index is 307. The highest BCUT2D eigenvalue weighted by Gasteiger charge is 2.17. The number of β-amino-alcohol motifs (C(OH)–C–C–N with tert-alkyl or cyclic N) is 1. The maximum atomic E-state index is 10.1. The molecule has 84 valence electrons. The molecule has 1 atom stereocenters. The first-order chi connectivity index (χ1) is 7.27. The zero-order chi connectivity index (χ0) is 10.7. The number of nitrogens with zero attached hydrogens (tertiary/aromatic N) is 1. The van der Waals surface area contributed by atoms with Gasteiger partial charge in [-0.25, -0.2) is 0 Å². The van der Waals surface area contributed by atoms with Gasteiger partial charge in [-0.05, 0) is 23.9 Å². The van der Waals surface area contributed by atoms with Gasteiger partial charge in [0, 0.05) is 37.6 Å². The molecular formula is C11H18N2OS. The van der Waals surface area contributed by atoms with Crippen molar-refractivity contribution in [2.75, 3.05) is 32.7 Å². The summed E-state index contributed by atoms with van der Waals surface area (Å²) in [6.45, 7) is 6.99. The molecule has 2 rings (SSSR count). The molecule has 1 unspecified atom stereocenters. The highest BCUT2D eigenvalue weighted by Crippen LogP contribution is 2.24. The molecule has 1 saturated heterocycles. The molecular weight excluding hydrogens is 208 g/mol. The molecule has 0 bridgehead atoms. The van der Waals surface area contributed by atoms with E-state index in [0.717, 1.165) is 37.6 Å². The van der Waals surface area contributed by atoms with Crippen LogP contribution in [-0.2, 0) is 0 Å². The molecule has 0 amide bonds. The molecule has 1 aliphatic heterocycles. The lowest BCUT2D eigenvalue weighted by Gasteiger charge is -2.28. The van der Waals surface area contributed by atoms with Crippen LogP contribution in [0.2, 0.25) is 0 Å². The van der Waals surface area contributed by atoms with Crippen molar-refractivity contribution in [3.8, 4) is 0 Å². The van der Waals surface area contributed by atoms with Gasteiger partial charge in [-0.3, -0.25) is 4.90 Å². The van der Waals surface area contributed by atoms with Crippen molar-refractivity contribution in [3.63, 3.8) is 0 Å². The average molecular weight is 226 g/mol. The molecule has 15 heavy (non-hydrogen) atoms. The van der Waals surface area contributed by atoms with Gasteiger partial charge >= 0.3 is 0 Å². The highest BCUT2D eigenvalue weighted by molar-refractivity contribution is 7.10. The lowest BCUT2D eigenvalue weighted by atomic mass is 10.2. The van der Waals surface area contributed by atoms with E-state index >= 15 is 0 Å². The first kappa shape index (κ1) is 11.1. The summed E-state index contributed by atoms with van der Waals surface area (Å²) in [5.41, 5.74) is 1.21. The Morgan fingerprint density at radius 3 is 2.87 bits per heavy atom. The number of aliphatic hydroxyl groups excluding tert-OH is 1. The lowest BCUT2D eigenvalue weighted by Crippen LogP contribution is -2.44. The molecule has 0 aliphatic carbocycles. The second-order valence-electron chi connectivity index (χ2n) is 4.03. The SMILES string of the molecule is Cc1ccsc1C(O)CN1CCNCC1. The van der Waals surface area contributed by atoms with Gasteiger partial charge in [0.15, 0.2) is 0 Å². The van der Waals surface area contributed by atoms with Crippen LogP contribution in [0.15, 0.2) is 11.4 Å². The summed E-state index contributed by atoms with van der Waals surface area (Å²) in [7, 11) is 0. The Labute approximate surface area is 94.7 Å². The molecule has 3 nitrogen and oxygen atoms in total. The Hall–Kier alpha value is -0.420. The average Bonchev–Trinajstić information content (AvgIpc) is 2.66. The maximum Gasteiger partial charge on any atom is 0.101 e. The second kappa shape index (κ2) is 5.07. The predicted molar refractivity (Wildman–Crippen MR) is 63.3 cm³/mol. The maximum absolute atomic E-state index is 10.1. The van der Waals surface area contributed by atoms with Crippen molar-refractivity contribution in [2.45, 2.75) is 13.0 Å². The van der Waals surface area contributed by atoms with Gasteiger partial charge in [-0.1, -0.05) is 0 Å². The summed E-state index contributed by atoms with van der Waals surface area (Å²) < 4.78 is 0. The number of aliphatic hydroxyl groups is 1. The van der Waals surface area contributed by atoms with Gasteiger partial charge < -0.3 is 10.4 Å². The molecule has 2 heterocycles. The number of hydrogen-bond acceptors (Lipinski definition) is 4. The fourth-order valence-corrected chi connectivity index (χ4v) is 2.85. The highest BCUT2D eigenvalue weighted by atomic mass is 32.1. The van der Waals surface area contributed by atoms with E-state index in [0.29, 0.717) is 0 Å². The largest absolute Gasteiger partial charge is 0.386 e. The van der Waals surface area contributed by atoms with Crippen molar-refractivity contribution in [1.29, 1.82) is 0 Å². The monoisotopic (exact) mass is 226 g/mol. The zero-order valence-electron chi connectivity index (χ0n) is 9.07. The third-order valence-electron chi connectivity index (χ3n) is 2.85. The molecule has 1 fully saturated rings. The number of piperazine rings is 1. The number of hydrogen-bond donors (Lipinski definition) is 2. The summed E-state index contributed by atoms with van der Waals surface area (Å²) in [6.07, 6.45) is -0.317. The molecule has 2 N–H and O–H groups in total. The predicted octanol–water partition coefficient (Wildman–Crippen LogP) is 0.995. The summed E-state index contributed by atoms with van der Waals surface area (Å²) in [5.74, 6) is 0. The van der Waals surface area contributed by atoms with Gasteiger partial charge in [-0.2, -0.15) is 0 Å². The minimum Gasteiger partial charge on any atom is -0.386 e. The standard InChI is InChI=1S/C11H18N2OS/c1-9-2-7-15-11(9)10(14)8-13-5-3-12-4-6-13/h2,7,10,12,14H,3-6,8H2,1H3. The number of rotatable bonds is 3. The minimum absolute atomic E-state index is 0.317. The van der Waals surface area contributed by atoms with E-state index in [1.165, 1.54) is 5.56 Å². The van der Waals surface area contributed by atoms with Crippen LogP contribution in [0.5, 0.6) is 0 Å². The van der Waals surface area contributed by atoms with E-state index in [1.54, 1.807) is 11.3 Å². The van der Waals surface area contributed by atoms with E-state index in [9.17, 15) is 5.11 Å². The number of nitrogens with one attached hydrogen (secondary N) is 1. The van der Waals surface area contributed by atoms with Crippen molar-refractivity contribution < 1.29 is 5.11 Å². The van der Waals surface area contributed by atoms with Gasteiger partial charge in [-0.15, -0.1) is 11.3 Å². The topological polar surface area (TPSA) is 35.5 Å². The number of aryl methyl sites for hydroxylation is 1. The normalized spacial score (nSPS) is 20.4. The van der Waals surface area contributed by atoms with E-state index in [2.05, 4.69) is 23.2 Å². The van der Waals surface area contributed by atoms with E-state index in [4.69, 9.17) is 0 Å². The lowest BCUT2D eigenvalue weighted by molar-refractivity contribution is 0.108. The zero-order valence-corrected chi connectivity index (χ0v) is 9.89. The molecule has 0 aromatic carbocycles. The fourth-order valence-electron chi connectivity index (χ4n) is 1.95. The Morgan fingerprint density at radius 2 is 2.27 bits per heavy atom. The Balaban J connectivity index is 1.91. The summed E-state index contributed by atoms with van der Waals surface area (Å²) in [6, 6.07) is 2.07. The van der Waals surface area contributed by atoms with Crippen LogP contribution in [0.25, 0.3) is 0 Å². The molecule has 1 aromatic rings. The molecule has 0 spiro atoms. The van der Waals surface area contributed by atoms with Crippen LogP contribution in [0.1, 0.15) is 16.5 Å². The third kappa shape index (κ3) is 2.78. The van der Waals surface area contributed by atoms with Crippen molar-refractivity contribution >= 4 is 11.3 Å². The molecule has 0 radical (unpaired) electrons. The second-order valence-corrected chi connectivity index (χ2v) is 4.98. The summed E-state index contributed by atoms with van der Waals surface area (Å²) >= 11 is 1.65. The quantitative estimate of drug-likeness (QED) is 0.807. The van der Waals surface area contributed by atoms with Crippen molar-refractivity contribution in [2.24, 2.45) is 0 Å². The molecule has 1 aliphatic rings. The van der Waals surface area contributed by atoms with Gasteiger partial charge in [0.25, 0.3) is 0 Å². The van der Waals surface area contributed by atoms with Crippen LogP contribution in [0.3, 0.4) is 0 Å². The smallest absolute Gasteiger partial charge is 0.101 e. The molecule has 4 heteroatoms. The van der Waals surface area contributed by atoms with Crippen molar-refractivity contribution in [1.82, 2.24) is 10.2 Å². The van der Waals surface area contributed by atoms with Gasteiger partial charge in [0.2, 0.25) is 0 Å². The fraction of sp³-hybridized carbons (Fsp3) is 0.636. The first-order valence-corrected chi connectivity index (χ1v) is 6.30. The summed E-state index contributed by atoms with van der Waals surface area (Å²) in [4.78, 5) is 3.44. The molecule has 0 saturated carbocycles. The Morgan fingerprint density at radius 1 is 1.53 bits per heavy atom.